The number of carboxylic acids is 1. The maximum Gasteiger partial charge on any atom is 0.305 e. The minimum Gasteiger partial charge on any atom is -0.481 e. The smallest absolute Gasteiger partial charge is 0.305 e. The van der Waals surface area contributed by atoms with Gasteiger partial charge >= 0.3 is 5.97 Å². The molecule has 2 rings (SSSR count). The van der Waals surface area contributed by atoms with Crippen molar-refractivity contribution in [3.8, 4) is 0 Å². The first-order valence-electron chi connectivity index (χ1n) is 9.53. The average Bonchev–Trinajstić information content (AvgIpc) is 2.65. The minimum atomic E-state index is -0.996. The highest BCUT2D eigenvalue weighted by Gasteiger charge is 2.20. The molecule has 0 aliphatic heterocycles. The van der Waals surface area contributed by atoms with Crippen LogP contribution in [0.25, 0.3) is 0 Å². The van der Waals surface area contributed by atoms with Crippen molar-refractivity contribution in [2.75, 3.05) is 6.54 Å². The normalized spacial score (nSPS) is 12.1. The molecule has 0 spiro atoms. The second kappa shape index (κ2) is 9.37. The number of nitrogens with one attached hydrogen (secondary N) is 2. The molecule has 6 heteroatoms. The van der Waals surface area contributed by atoms with Gasteiger partial charge in [-0.15, -0.1) is 0 Å². The van der Waals surface area contributed by atoms with Gasteiger partial charge < -0.3 is 15.7 Å². The summed E-state index contributed by atoms with van der Waals surface area (Å²) < 4.78 is 0. The Kier molecular flexibility index (Phi) is 7.15. The van der Waals surface area contributed by atoms with Gasteiger partial charge in [0.15, 0.2) is 0 Å². The van der Waals surface area contributed by atoms with Gasteiger partial charge in [-0.05, 0) is 47.7 Å². The Morgan fingerprint density at radius 1 is 0.931 bits per heavy atom. The van der Waals surface area contributed by atoms with Crippen molar-refractivity contribution in [2.24, 2.45) is 5.41 Å². The second-order valence-electron chi connectivity index (χ2n) is 8.30. The number of carboxylic acid groups (broad SMARTS) is 1. The molecule has 0 bridgehead atoms. The first-order valence-corrected chi connectivity index (χ1v) is 9.53. The fourth-order valence-electron chi connectivity index (χ4n) is 2.85. The van der Waals surface area contributed by atoms with E-state index in [0.717, 1.165) is 11.1 Å². The molecule has 0 aliphatic carbocycles. The molecule has 1 atom stereocenters. The van der Waals surface area contributed by atoms with E-state index in [4.69, 9.17) is 0 Å². The SMILES string of the molecule is Cc1ccccc1C(CC(=O)O)NC(=O)c1ccc(C(=O)NCC(C)(C)C)cc1. The van der Waals surface area contributed by atoms with E-state index in [1.54, 1.807) is 24.3 Å². The topological polar surface area (TPSA) is 95.5 Å². The Morgan fingerprint density at radius 2 is 1.48 bits per heavy atom. The molecule has 1 unspecified atom stereocenters. The van der Waals surface area contributed by atoms with Crippen LogP contribution in [0.5, 0.6) is 0 Å². The lowest BCUT2D eigenvalue weighted by atomic mass is 9.97. The third-order valence-electron chi connectivity index (χ3n) is 4.44. The number of carbonyl (C=O) groups excluding carboxylic acids is 2. The molecule has 2 aromatic carbocycles. The van der Waals surface area contributed by atoms with Gasteiger partial charge in [0.25, 0.3) is 11.8 Å². The number of carbonyl (C=O) groups is 3. The van der Waals surface area contributed by atoms with Crippen molar-refractivity contribution in [1.82, 2.24) is 10.6 Å². The maximum atomic E-state index is 12.7. The molecule has 0 saturated heterocycles. The summed E-state index contributed by atoms with van der Waals surface area (Å²) >= 11 is 0. The highest BCUT2D eigenvalue weighted by molar-refractivity contribution is 5.98. The van der Waals surface area contributed by atoms with Crippen LogP contribution in [0.15, 0.2) is 48.5 Å². The highest BCUT2D eigenvalue weighted by atomic mass is 16.4. The van der Waals surface area contributed by atoms with Gasteiger partial charge in [-0.2, -0.15) is 0 Å². The first kappa shape index (κ1) is 22.1. The summed E-state index contributed by atoms with van der Waals surface area (Å²) in [6.45, 7) is 8.51. The van der Waals surface area contributed by atoms with E-state index >= 15 is 0 Å². The van der Waals surface area contributed by atoms with Crippen molar-refractivity contribution >= 4 is 17.8 Å². The number of amides is 2. The molecule has 29 heavy (non-hydrogen) atoms. The lowest BCUT2D eigenvalue weighted by molar-refractivity contribution is -0.137. The van der Waals surface area contributed by atoms with Crippen LogP contribution in [0, 0.1) is 12.3 Å². The van der Waals surface area contributed by atoms with E-state index in [2.05, 4.69) is 10.6 Å². The van der Waals surface area contributed by atoms with Crippen molar-refractivity contribution in [2.45, 2.75) is 40.2 Å². The van der Waals surface area contributed by atoms with Crippen LogP contribution in [0.4, 0.5) is 0 Å². The minimum absolute atomic E-state index is 0.0236. The molecule has 3 N–H and O–H groups in total. The number of hydrogen-bond acceptors (Lipinski definition) is 3. The molecule has 0 radical (unpaired) electrons. The maximum absolute atomic E-state index is 12.7. The predicted octanol–water partition coefficient (Wildman–Crippen LogP) is 3.72. The molecular formula is C23H28N2O4. The molecule has 0 aliphatic rings. The molecule has 0 fully saturated rings. The zero-order valence-electron chi connectivity index (χ0n) is 17.3. The van der Waals surface area contributed by atoms with Crippen LogP contribution in [0.3, 0.4) is 0 Å². The summed E-state index contributed by atoms with van der Waals surface area (Å²) in [5.41, 5.74) is 2.48. The van der Waals surface area contributed by atoms with E-state index in [-0.39, 0.29) is 23.7 Å². The Labute approximate surface area is 171 Å². The summed E-state index contributed by atoms with van der Waals surface area (Å²) in [6, 6.07) is 13.0. The van der Waals surface area contributed by atoms with Gasteiger partial charge in [0, 0.05) is 17.7 Å². The van der Waals surface area contributed by atoms with E-state index < -0.39 is 12.0 Å². The van der Waals surface area contributed by atoms with Crippen molar-refractivity contribution in [3.05, 3.63) is 70.8 Å². The van der Waals surface area contributed by atoms with Crippen molar-refractivity contribution in [3.63, 3.8) is 0 Å². The first-order chi connectivity index (χ1) is 13.6. The van der Waals surface area contributed by atoms with Crippen LogP contribution in [0.1, 0.15) is 65.1 Å². The number of aryl methyl sites for hydroxylation is 1. The Hall–Kier alpha value is -3.15. The lowest BCUT2D eigenvalue weighted by Gasteiger charge is -2.20. The number of hydrogen-bond donors (Lipinski definition) is 3. The number of benzene rings is 2. The molecule has 0 saturated carbocycles. The molecule has 0 heterocycles. The molecule has 6 nitrogen and oxygen atoms in total. The fraction of sp³-hybridized carbons (Fsp3) is 0.348. The molecule has 2 aromatic rings. The second-order valence-corrected chi connectivity index (χ2v) is 8.30. The van der Waals surface area contributed by atoms with Crippen LogP contribution in [-0.2, 0) is 4.79 Å². The van der Waals surface area contributed by atoms with Crippen LogP contribution >= 0.6 is 0 Å². The third-order valence-corrected chi connectivity index (χ3v) is 4.44. The molecule has 0 aromatic heterocycles. The lowest BCUT2D eigenvalue weighted by Crippen LogP contribution is -2.32. The quantitative estimate of drug-likeness (QED) is 0.665. The predicted molar refractivity (Wildman–Crippen MR) is 112 cm³/mol. The van der Waals surface area contributed by atoms with Gasteiger partial charge in [0.1, 0.15) is 0 Å². The summed E-state index contributed by atoms with van der Waals surface area (Å²) in [6.07, 6.45) is -0.218. The van der Waals surface area contributed by atoms with Crippen molar-refractivity contribution in [1.29, 1.82) is 0 Å². The third kappa shape index (κ3) is 6.75. The summed E-state index contributed by atoms with van der Waals surface area (Å²) in [4.78, 5) is 36.1. The van der Waals surface area contributed by atoms with Gasteiger partial charge in [-0.25, -0.2) is 0 Å². The van der Waals surface area contributed by atoms with E-state index in [1.807, 2.05) is 52.0 Å². The summed E-state index contributed by atoms with van der Waals surface area (Å²) in [5.74, 6) is -1.58. The van der Waals surface area contributed by atoms with Gasteiger partial charge in [0.2, 0.25) is 0 Å². The standard InChI is InChI=1S/C23H28N2O4/c1-15-7-5-6-8-18(15)19(13-20(26)27)25-22(29)17-11-9-16(10-12-17)21(28)24-14-23(2,3)4/h5-12,19H,13-14H2,1-4H3,(H,24,28)(H,25,29)(H,26,27). The largest absolute Gasteiger partial charge is 0.481 e. The highest BCUT2D eigenvalue weighted by Crippen LogP contribution is 2.21. The summed E-state index contributed by atoms with van der Waals surface area (Å²) in [7, 11) is 0. The fourth-order valence-corrected chi connectivity index (χ4v) is 2.85. The van der Waals surface area contributed by atoms with Crippen LogP contribution in [0.2, 0.25) is 0 Å². The summed E-state index contributed by atoms with van der Waals surface area (Å²) in [5, 5.41) is 14.9. The molecule has 154 valence electrons. The Morgan fingerprint density at radius 3 is 2.00 bits per heavy atom. The molecule has 2 amide bonds. The number of aliphatic carboxylic acids is 1. The van der Waals surface area contributed by atoms with Gasteiger partial charge in [-0.1, -0.05) is 45.0 Å². The Balaban J connectivity index is 2.11. The molecular weight excluding hydrogens is 368 g/mol. The van der Waals surface area contributed by atoms with Crippen LogP contribution < -0.4 is 10.6 Å². The average molecular weight is 396 g/mol. The Bertz CT molecular complexity index is 882. The van der Waals surface area contributed by atoms with Crippen LogP contribution in [-0.4, -0.2) is 29.4 Å². The monoisotopic (exact) mass is 396 g/mol. The van der Waals surface area contributed by atoms with Gasteiger partial charge in [-0.3, -0.25) is 14.4 Å². The van der Waals surface area contributed by atoms with E-state index in [0.29, 0.717) is 17.7 Å². The zero-order chi connectivity index (χ0) is 21.6. The van der Waals surface area contributed by atoms with Crippen molar-refractivity contribution < 1.29 is 19.5 Å². The van der Waals surface area contributed by atoms with E-state index in [9.17, 15) is 19.5 Å². The van der Waals surface area contributed by atoms with E-state index in [1.165, 1.54) is 0 Å². The van der Waals surface area contributed by atoms with Gasteiger partial charge in [0.05, 0.1) is 12.5 Å². The zero-order valence-corrected chi connectivity index (χ0v) is 17.3. The number of rotatable bonds is 7.